The van der Waals surface area contributed by atoms with Crippen LogP contribution in [-0.4, -0.2) is 26.6 Å². The average Bonchev–Trinajstić information content (AvgIpc) is 3.43. The first kappa shape index (κ1) is 17.5. The van der Waals surface area contributed by atoms with Crippen molar-refractivity contribution in [3.05, 3.63) is 83.9 Å². The van der Waals surface area contributed by atoms with E-state index in [2.05, 4.69) is 5.10 Å². The molecule has 5 heteroatoms. The Bertz CT molecular complexity index is 901. The van der Waals surface area contributed by atoms with Crippen molar-refractivity contribution >= 4 is 5.91 Å². The molecule has 1 amide bonds. The van der Waals surface area contributed by atoms with Gasteiger partial charge in [0.05, 0.1) is 11.9 Å². The van der Waals surface area contributed by atoms with Crippen molar-refractivity contribution in [2.75, 3.05) is 0 Å². The van der Waals surface area contributed by atoms with Crippen LogP contribution in [0.5, 0.6) is 0 Å². The first-order valence-corrected chi connectivity index (χ1v) is 9.32. The van der Waals surface area contributed by atoms with Gasteiger partial charge in [-0.05, 0) is 54.7 Å². The lowest BCUT2D eigenvalue weighted by Gasteiger charge is -2.22. The smallest absolute Gasteiger partial charge is 0.223 e. The maximum atomic E-state index is 13.1. The lowest BCUT2D eigenvalue weighted by atomic mass is 10.1. The highest BCUT2D eigenvalue weighted by atomic mass is 19.1. The number of carbonyl (C=O) groups excluding carboxylic acids is 1. The largest absolute Gasteiger partial charge is 0.335 e. The minimum Gasteiger partial charge on any atom is -0.335 e. The van der Waals surface area contributed by atoms with Gasteiger partial charge in [0.25, 0.3) is 0 Å². The van der Waals surface area contributed by atoms with Crippen LogP contribution in [0.2, 0.25) is 0 Å². The van der Waals surface area contributed by atoms with Gasteiger partial charge in [0.15, 0.2) is 0 Å². The van der Waals surface area contributed by atoms with Crippen LogP contribution >= 0.6 is 0 Å². The zero-order chi connectivity index (χ0) is 18.6. The monoisotopic (exact) mass is 363 g/mol. The molecule has 27 heavy (non-hydrogen) atoms. The molecule has 0 saturated heterocycles. The number of para-hydroxylation sites is 1. The molecular formula is C22H22FN3O. The molecule has 0 unspecified atom stereocenters. The Balaban J connectivity index is 1.37. The van der Waals surface area contributed by atoms with Crippen LogP contribution in [0.1, 0.15) is 30.4 Å². The molecule has 1 aliphatic rings. The molecule has 1 heterocycles. The average molecular weight is 363 g/mol. The van der Waals surface area contributed by atoms with Crippen molar-refractivity contribution in [2.45, 2.75) is 38.3 Å². The third-order valence-electron chi connectivity index (χ3n) is 4.86. The zero-order valence-electron chi connectivity index (χ0n) is 15.1. The number of benzene rings is 2. The van der Waals surface area contributed by atoms with Gasteiger partial charge < -0.3 is 4.90 Å². The zero-order valence-corrected chi connectivity index (χ0v) is 15.1. The fourth-order valence-corrected chi connectivity index (χ4v) is 3.20. The minimum absolute atomic E-state index is 0.147. The van der Waals surface area contributed by atoms with Crippen LogP contribution in [0.15, 0.2) is 67.0 Å². The van der Waals surface area contributed by atoms with E-state index in [0.29, 0.717) is 25.4 Å². The third-order valence-corrected chi connectivity index (χ3v) is 4.86. The molecule has 1 aromatic heterocycles. The highest BCUT2D eigenvalue weighted by molar-refractivity contribution is 5.77. The quantitative estimate of drug-likeness (QED) is 0.633. The van der Waals surface area contributed by atoms with E-state index < -0.39 is 0 Å². The molecule has 0 bridgehead atoms. The molecule has 2 aromatic carbocycles. The summed E-state index contributed by atoms with van der Waals surface area (Å²) in [6.45, 7) is 0.549. The first-order valence-electron chi connectivity index (χ1n) is 9.32. The van der Waals surface area contributed by atoms with E-state index in [4.69, 9.17) is 0 Å². The summed E-state index contributed by atoms with van der Waals surface area (Å²) in [6, 6.07) is 16.6. The Kier molecular flexibility index (Phi) is 5.01. The van der Waals surface area contributed by atoms with Crippen LogP contribution in [0.25, 0.3) is 5.69 Å². The van der Waals surface area contributed by atoms with Gasteiger partial charge in [0.2, 0.25) is 5.91 Å². The van der Waals surface area contributed by atoms with E-state index in [9.17, 15) is 9.18 Å². The normalized spacial score (nSPS) is 13.5. The van der Waals surface area contributed by atoms with Gasteiger partial charge in [-0.15, -0.1) is 0 Å². The fourth-order valence-electron chi connectivity index (χ4n) is 3.20. The second-order valence-electron chi connectivity index (χ2n) is 7.01. The SMILES string of the molecule is O=C(CCc1cnn(-c2ccccc2)c1)N(Cc1ccc(F)cc1)C1CC1. The molecule has 138 valence electrons. The molecule has 4 rings (SSSR count). The summed E-state index contributed by atoms with van der Waals surface area (Å²) in [5.41, 5.74) is 3.02. The second-order valence-corrected chi connectivity index (χ2v) is 7.01. The van der Waals surface area contributed by atoms with Gasteiger partial charge in [0, 0.05) is 25.2 Å². The van der Waals surface area contributed by atoms with Crippen molar-refractivity contribution in [2.24, 2.45) is 0 Å². The molecule has 0 radical (unpaired) electrons. The number of amides is 1. The highest BCUT2D eigenvalue weighted by Gasteiger charge is 2.32. The predicted octanol–water partition coefficient (Wildman–Crippen LogP) is 4.14. The molecule has 1 aliphatic carbocycles. The molecule has 0 aliphatic heterocycles. The highest BCUT2D eigenvalue weighted by Crippen LogP contribution is 2.29. The number of aromatic nitrogens is 2. The van der Waals surface area contributed by atoms with E-state index in [0.717, 1.165) is 29.7 Å². The van der Waals surface area contributed by atoms with Crippen LogP contribution in [0.3, 0.4) is 0 Å². The number of nitrogens with zero attached hydrogens (tertiary/aromatic N) is 3. The number of hydrogen-bond acceptors (Lipinski definition) is 2. The van der Waals surface area contributed by atoms with Crippen molar-refractivity contribution in [3.63, 3.8) is 0 Å². The summed E-state index contributed by atoms with van der Waals surface area (Å²) in [5, 5.41) is 4.39. The van der Waals surface area contributed by atoms with E-state index in [-0.39, 0.29) is 11.7 Å². The Labute approximate surface area is 158 Å². The van der Waals surface area contributed by atoms with Gasteiger partial charge in [0.1, 0.15) is 5.82 Å². The van der Waals surface area contributed by atoms with E-state index in [1.807, 2.05) is 52.3 Å². The lowest BCUT2D eigenvalue weighted by Crippen LogP contribution is -2.32. The Hall–Kier alpha value is -2.95. The van der Waals surface area contributed by atoms with Crippen LogP contribution < -0.4 is 0 Å². The molecule has 3 aromatic rings. The van der Waals surface area contributed by atoms with Crippen LogP contribution in [-0.2, 0) is 17.8 Å². The van der Waals surface area contributed by atoms with E-state index in [1.54, 1.807) is 12.1 Å². The molecule has 1 fully saturated rings. The molecule has 0 N–H and O–H groups in total. The molecule has 0 spiro atoms. The number of carbonyl (C=O) groups is 1. The molecular weight excluding hydrogens is 341 g/mol. The Morgan fingerprint density at radius 1 is 1.07 bits per heavy atom. The first-order chi connectivity index (χ1) is 13.2. The van der Waals surface area contributed by atoms with Crippen molar-refractivity contribution in [1.29, 1.82) is 0 Å². The summed E-state index contributed by atoms with van der Waals surface area (Å²) in [7, 11) is 0. The lowest BCUT2D eigenvalue weighted by molar-refractivity contribution is -0.132. The summed E-state index contributed by atoms with van der Waals surface area (Å²) >= 11 is 0. The molecule has 4 nitrogen and oxygen atoms in total. The minimum atomic E-state index is -0.251. The van der Waals surface area contributed by atoms with Gasteiger partial charge in [-0.3, -0.25) is 4.79 Å². The van der Waals surface area contributed by atoms with Crippen molar-refractivity contribution < 1.29 is 9.18 Å². The fraction of sp³-hybridized carbons (Fsp3) is 0.273. The number of halogens is 1. The second kappa shape index (κ2) is 7.74. The summed E-state index contributed by atoms with van der Waals surface area (Å²) < 4.78 is 14.9. The van der Waals surface area contributed by atoms with Crippen LogP contribution in [0, 0.1) is 5.82 Å². The summed E-state index contributed by atoms with van der Waals surface area (Å²) in [6.07, 6.45) is 7.03. The van der Waals surface area contributed by atoms with Gasteiger partial charge in [-0.1, -0.05) is 30.3 Å². The number of hydrogen-bond donors (Lipinski definition) is 0. The summed E-state index contributed by atoms with van der Waals surface area (Å²) in [5.74, 6) is -0.104. The number of aryl methyl sites for hydroxylation is 1. The maximum absolute atomic E-state index is 13.1. The Morgan fingerprint density at radius 2 is 1.81 bits per heavy atom. The number of rotatable bonds is 7. The summed E-state index contributed by atoms with van der Waals surface area (Å²) in [4.78, 5) is 14.7. The van der Waals surface area contributed by atoms with Gasteiger partial charge in [-0.25, -0.2) is 9.07 Å². The molecule has 1 saturated carbocycles. The van der Waals surface area contributed by atoms with Crippen molar-refractivity contribution in [3.8, 4) is 5.69 Å². The van der Waals surface area contributed by atoms with Crippen LogP contribution in [0.4, 0.5) is 4.39 Å². The topological polar surface area (TPSA) is 38.1 Å². The van der Waals surface area contributed by atoms with Crippen molar-refractivity contribution in [1.82, 2.24) is 14.7 Å². The standard InChI is InChI=1S/C22H22FN3O/c23-19-9-6-17(7-10-19)15-25(20-11-12-20)22(27)13-8-18-14-24-26(16-18)21-4-2-1-3-5-21/h1-7,9-10,14,16,20H,8,11-13,15H2. The maximum Gasteiger partial charge on any atom is 0.223 e. The predicted molar refractivity (Wildman–Crippen MR) is 102 cm³/mol. The van der Waals surface area contributed by atoms with E-state index in [1.165, 1.54) is 12.1 Å². The van der Waals surface area contributed by atoms with Gasteiger partial charge >= 0.3 is 0 Å². The Morgan fingerprint density at radius 3 is 2.52 bits per heavy atom. The van der Waals surface area contributed by atoms with E-state index >= 15 is 0 Å². The third kappa shape index (κ3) is 4.42. The molecule has 0 atom stereocenters. The van der Waals surface area contributed by atoms with Gasteiger partial charge in [-0.2, -0.15) is 5.10 Å².